The molecule has 0 aliphatic carbocycles. The summed E-state index contributed by atoms with van der Waals surface area (Å²) in [4.78, 5) is 11.1. The van der Waals surface area contributed by atoms with E-state index in [0.717, 1.165) is 11.3 Å². The lowest BCUT2D eigenvalue weighted by atomic mass is 10.0. The summed E-state index contributed by atoms with van der Waals surface area (Å²) in [5, 5.41) is 0.187. The van der Waals surface area contributed by atoms with Gasteiger partial charge in [-0.3, -0.25) is 4.79 Å². The Labute approximate surface area is 123 Å². The Balaban J connectivity index is 2.75. The minimum atomic E-state index is -1.79. The van der Waals surface area contributed by atoms with Gasteiger partial charge < -0.3 is 10.2 Å². The van der Waals surface area contributed by atoms with Crippen molar-refractivity contribution in [2.45, 2.75) is 52.2 Å². The Kier molecular flexibility index (Phi) is 5.03. The summed E-state index contributed by atoms with van der Waals surface area (Å²) >= 11 is 0. The van der Waals surface area contributed by atoms with Crippen molar-refractivity contribution < 1.29 is 9.22 Å². The number of primary amides is 1. The monoisotopic (exact) mass is 293 g/mol. The Bertz CT molecular complexity index is 460. The van der Waals surface area contributed by atoms with Crippen molar-refractivity contribution in [3.63, 3.8) is 0 Å². The van der Waals surface area contributed by atoms with Crippen LogP contribution in [0.2, 0.25) is 18.1 Å². The van der Waals surface area contributed by atoms with Gasteiger partial charge in [0.05, 0.1) is 0 Å². The Morgan fingerprint density at radius 3 is 2.15 bits per heavy atom. The molecular formula is C16H27NO2Si. The Hall–Kier alpha value is -1.29. The lowest BCUT2D eigenvalue weighted by Gasteiger charge is -2.36. The largest absolute Gasteiger partial charge is 0.544 e. The average molecular weight is 293 g/mol. The summed E-state index contributed by atoms with van der Waals surface area (Å²) in [7, 11) is -1.79. The number of hydrogen-bond donors (Lipinski definition) is 1. The van der Waals surface area contributed by atoms with Crippen LogP contribution < -0.4 is 10.2 Å². The third kappa shape index (κ3) is 4.37. The van der Waals surface area contributed by atoms with Gasteiger partial charge in [-0.2, -0.15) is 0 Å². The number of hydrogen-bond acceptors (Lipinski definition) is 2. The first-order valence-electron chi connectivity index (χ1n) is 7.10. The maximum absolute atomic E-state index is 11.1. The van der Waals surface area contributed by atoms with E-state index in [1.165, 1.54) is 0 Å². The summed E-state index contributed by atoms with van der Waals surface area (Å²) in [5.74, 6) is 0.515. The zero-order chi connectivity index (χ0) is 15.6. The van der Waals surface area contributed by atoms with Crippen LogP contribution in [0.15, 0.2) is 24.3 Å². The molecule has 1 atom stereocenters. The van der Waals surface area contributed by atoms with Gasteiger partial charge in [0.2, 0.25) is 14.2 Å². The molecule has 0 radical (unpaired) electrons. The van der Waals surface area contributed by atoms with Crippen LogP contribution in [0.4, 0.5) is 0 Å². The van der Waals surface area contributed by atoms with Crippen molar-refractivity contribution in [3.05, 3.63) is 29.8 Å². The van der Waals surface area contributed by atoms with E-state index in [1.807, 2.05) is 31.2 Å². The first kappa shape index (κ1) is 16.8. The van der Waals surface area contributed by atoms with Crippen LogP contribution in [-0.4, -0.2) is 14.2 Å². The molecule has 2 N–H and O–H groups in total. The van der Waals surface area contributed by atoms with Gasteiger partial charge in [0, 0.05) is 5.92 Å². The summed E-state index contributed by atoms with van der Waals surface area (Å²) in [6, 6.07) is 8.01. The van der Waals surface area contributed by atoms with Gasteiger partial charge in [0.25, 0.3) is 0 Å². The lowest BCUT2D eigenvalue weighted by Crippen LogP contribution is -2.43. The molecule has 0 bridgehead atoms. The number of amides is 1. The number of carbonyl (C=O) groups is 1. The molecule has 4 heteroatoms. The van der Waals surface area contributed by atoms with Gasteiger partial charge in [-0.1, -0.05) is 39.8 Å². The molecule has 1 rings (SSSR count). The fourth-order valence-corrected chi connectivity index (χ4v) is 2.63. The van der Waals surface area contributed by atoms with Gasteiger partial charge in [-0.05, 0) is 42.2 Å². The van der Waals surface area contributed by atoms with Crippen molar-refractivity contribution in [1.82, 2.24) is 0 Å². The first-order chi connectivity index (χ1) is 9.03. The number of nitrogens with two attached hydrogens (primary N) is 1. The zero-order valence-electron chi connectivity index (χ0n) is 13.5. The van der Waals surface area contributed by atoms with E-state index in [-0.39, 0.29) is 16.9 Å². The van der Waals surface area contributed by atoms with Crippen LogP contribution in [0.3, 0.4) is 0 Å². The SMILES string of the molecule is CC(Cc1ccc(O[Si](C)(C)C(C)(C)C)cc1)C(N)=O. The van der Waals surface area contributed by atoms with Gasteiger partial charge in [-0.15, -0.1) is 0 Å². The van der Waals surface area contributed by atoms with Gasteiger partial charge in [-0.25, -0.2) is 0 Å². The topological polar surface area (TPSA) is 52.3 Å². The van der Waals surface area contributed by atoms with Crippen molar-refractivity contribution in [3.8, 4) is 5.75 Å². The van der Waals surface area contributed by atoms with Crippen molar-refractivity contribution in [1.29, 1.82) is 0 Å². The molecule has 0 saturated carbocycles. The average Bonchev–Trinajstić information content (AvgIpc) is 2.29. The molecular weight excluding hydrogens is 266 g/mol. The normalized spacial score (nSPS) is 13.9. The fourth-order valence-electron chi connectivity index (χ4n) is 1.60. The van der Waals surface area contributed by atoms with Crippen LogP contribution in [0, 0.1) is 5.92 Å². The van der Waals surface area contributed by atoms with E-state index in [4.69, 9.17) is 10.2 Å². The third-order valence-electron chi connectivity index (χ3n) is 4.13. The second kappa shape index (κ2) is 6.00. The molecule has 1 unspecified atom stereocenters. The minimum Gasteiger partial charge on any atom is -0.544 e. The van der Waals surface area contributed by atoms with E-state index in [9.17, 15) is 4.79 Å². The van der Waals surface area contributed by atoms with E-state index in [0.29, 0.717) is 6.42 Å². The van der Waals surface area contributed by atoms with E-state index >= 15 is 0 Å². The molecule has 112 valence electrons. The zero-order valence-corrected chi connectivity index (χ0v) is 14.5. The first-order valence-corrected chi connectivity index (χ1v) is 10.0. The molecule has 3 nitrogen and oxygen atoms in total. The molecule has 1 aromatic carbocycles. The molecule has 0 fully saturated rings. The van der Waals surface area contributed by atoms with Gasteiger partial charge >= 0.3 is 0 Å². The smallest absolute Gasteiger partial charge is 0.250 e. The number of benzene rings is 1. The van der Waals surface area contributed by atoms with Crippen LogP contribution in [0.1, 0.15) is 33.3 Å². The predicted octanol–water partition coefficient (Wildman–Crippen LogP) is 3.73. The highest BCUT2D eigenvalue weighted by Crippen LogP contribution is 2.37. The second-order valence-corrected chi connectivity index (χ2v) is 11.7. The summed E-state index contributed by atoms with van der Waals surface area (Å²) in [5.41, 5.74) is 6.40. The predicted molar refractivity (Wildman–Crippen MR) is 86.3 cm³/mol. The highest BCUT2D eigenvalue weighted by Gasteiger charge is 2.38. The summed E-state index contributed by atoms with van der Waals surface area (Å²) < 4.78 is 6.22. The van der Waals surface area contributed by atoms with Gasteiger partial charge in [0.1, 0.15) is 5.75 Å². The molecule has 0 spiro atoms. The molecule has 0 aliphatic heterocycles. The standard InChI is InChI=1S/C16H27NO2Si/c1-12(15(17)18)11-13-7-9-14(10-8-13)19-20(5,6)16(2,3)4/h7-10,12H,11H2,1-6H3,(H2,17,18). The third-order valence-corrected chi connectivity index (χ3v) is 8.49. The quantitative estimate of drug-likeness (QED) is 0.841. The molecule has 1 aromatic rings. The van der Waals surface area contributed by atoms with Crippen LogP contribution >= 0.6 is 0 Å². The molecule has 0 aromatic heterocycles. The van der Waals surface area contributed by atoms with E-state index < -0.39 is 8.32 Å². The lowest BCUT2D eigenvalue weighted by molar-refractivity contribution is -0.121. The van der Waals surface area contributed by atoms with E-state index in [1.54, 1.807) is 0 Å². The van der Waals surface area contributed by atoms with Crippen LogP contribution in [0.25, 0.3) is 0 Å². The van der Waals surface area contributed by atoms with E-state index in [2.05, 4.69) is 33.9 Å². The maximum atomic E-state index is 11.1. The van der Waals surface area contributed by atoms with Crippen molar-refractivity contribution >= 4 is 14.2 Å². The number of rotatable bonds is 5. The Morgan fingerprint density at radius 2 is 1.75 bits per heavy atom. The summed E-state index contributed by atoms with van der Waals surface area (Å²) in [6.45, 7) is 13.0. The van der Waals surface area contributed by atoms with Crippen molar-refractivity contribution in [2.24, 2.45) is 11.7 Å². The molecule has 20 heavy (non-hydrogen) atoms. The Morgan fingerprint density at radius 1 is 1.25 bits per heavy atom. The molecule has 0 heterocycles. The van der Waals surface area contributed by atoms with Crippen molar-refractivity contribution in [2.75, 3.05) is 0 Å². The summed E-state index contributed by atoms with van der Waals surface area (Å²) in [6.07, 6.45) is 0.676. The highest BCUT2D eigenvalue weighted by molar-refractivity contribution is 6.74. The fraction of sp³-hybridized carbons (Fsp3) is 0.562. The minimum absolute atomic E-state index is 0.137. The molecule has 0 saturated heterocycles. The molecule has 0 aliphatic rings. The second-order valence-electron chi connectivity index (χ2n) is 7.01. The maximum Gasteiger partial charge on any atom is 0.250 e. The van der Waals surface area contributed by atoms with Crippen LogP contribution in [-0.2, 0) is 11.2 Å². The van der Waals surface area contributed by atoms with Crippen LogP contribution in [0.5, 0.6) is 5.75 Å². The molecule has 1 amide bonds. The highest BCUT2D eigenvalue weighted by atomic mass is 28.4. The van der Waals surface area contributed by atoms with Gasteiger partial charge in [0.15, 0.2) is 0 Å². The number of carbonyl (C=O) groups excluding carboxylic acids is 1.